The third-order valence-electron chi connectivity index (χ3n) is 13.0. The quantitative estimate of drug-likeness (QED) is 0.195. The molecule has 5 aliphatic heterocycles. The van der Waals surface area contributed by atoms with Gasteiger partial charge < -0.3 is 24.3 Å². The molecule has 1 aromatic carbocycles. The van der Waals surface area contributed by atoms with Crippen LogP contribution in [0.25, 0.3) is 23.7 Å². The van der Waals surface area contributed by atoms with E-state index in [2.05, 4.69) is 46.7 Å². The highest BCUT2D eigenvalue weighted by Crippen LogP contribution is 2.45. The van der Waals surface area contributed by atoms with Crippen LogP contribution in [-0.2, 0) is 9.59 Å². The number of anilines is 2. The topological polar surface area (TPSA) is 140 Å². The number of piperidine rings is 1. The molecule has 1 aromatic heterocycles. The molecular weight excluding hydrogens is 794 g/mol. The number of ketones is 2. The van der Waals surface area contributed by atoms with E-state index in [1.165, 1.54) is 13.8 Å². The highest BCUT2D eigenvalue weighted by atomic mass is 32.2. The molecule has 0 bridgehead atoms. The number of amides is 1. The summed E-state index contributed by atoms with van der Waals surface area (Å²) in [6.07, 6.45) is 9.24. The van der Waals surface area contributed by atoms with Gasteiger partial charge in [-0.2, -0.15) is 9.98 Å². The van der Waals surface area contributed by atoms with Crippen molar-refractivity contribution in [2.45, 2.75) is 102 Å². The Bertz CT molecular complexity index is 2530. The van der Waals surface area contributed by atoms with Crippen molar-refractivity contribution in [2.75, 3.05) is 55.6 Å². The second-order valence-corrected chi connectivity index (χ2v) is 18.7. The first-order chi connectivity index (χ1) is 29.2. The van der Waals surface area contributed by atoms with Crippen LogP contribution in [-0.4, -0.2) is 115 Å². The van der Waals surface area contributed by atoms with E-state index in [-0.39, 0.29) is 42.1 Å². The summed E-state index contributed by atoms with van der Waals surface area (Å²) in [5.74, 6) is 5.32. The number of alkyl halides is 1. The summed E-state index contributed by atoms with van der Waals surface area (Å²) in [4.78, 5) is 64.1. The number of fused-ring (bicyclic) bond motifs is 2. The average Bonchev–Trinajstić information content (AvgIpc) is 3.84. The number of rotatable bonds is 11. The van der Waals surface area contributed by atoms with Crippen molar-refractivity contribution in [3.05, 3.63) is 70.0 Å². The van der Waals surface area contributed by atoms with E-state index in [1.807, 2.05) is 43.5 Å². The maximum absolute atomic E-state index is 16.4. The Hall–Kier alpha value is -5.28. The van der Waals surface area contributed by atoms with E-state index in [4.69, 9.17) is 4.98 Å². The second-order valence-electron chi connectivity index (χ2n) is 17.2. The first-order valence-electron chi connectivity index (χ1n) is 21.4. The molecule has 2 atom stereocenters. The molecule has 1 N–H and O–H groups in total. The van der Waals surface area contributed by atoms with Crippen LogP contribution in [0.1, 0.15) is 94.1 Å². The predicted molar refractivity (Wildman–Crippen MR) is 239 cm³/mol. The molecule has 1 saturated carbocycles. The van der Waals surface area contributed by atoms with E-state index < -0.39 is 22.4 Å². The summed E-state index contributed by atoms with van der Waals surface area (Å²) in [6, 6.07) is 9.19. The molecule has 322 valence electrons. The molecule has 0 spiro atoms. The van der Waals surface area contributed by atoms with E-state index in [9.17, 15) is 19.5 Å². The van der Waals surface area contributed by atoms with Gasteiger partial charge in [0.1, 0.15) is 23.3 Å². The molecule has 3 fully saturated rings. The minimum absolute atomic E-state index is 0.0241. The number of Topliss-reactive ketones (excluding diaryl/α,β-unsaturated/α-hetero) is 2. The first kappa shape index (κ1) is 42.4. The molecule has 2 aromatic rings. The van der Waals surface area contributed by atoms with Gasteiger partial charge in [-0.15, -0.1) is 0 Å². The highest BCUT2D eigenvalue weighted by Gasteiger charge is 2.40. The van der Waals surface area contributed by atoms with Gasteiger partial charge in [-0.1, -0.05) is 36.0 Å². The zero-order chi connectivity index (χ0) is 43.2. The molecule has 1 aliphatic carbocycles. The largest absolute Gasteiger partial charge is 0.512 e. The number of nitrogens with zero attached hydrogens (tertiary/aromatic N) is 9. The van der Waals surface area contributed by atoms with Gasteiger partial charge in [-0.25, -0.2) is 14.4 Å². The van der Waals surface area contributed by atoms with Crippen LogP contribution < -0.4 is 26.0 Å². The number of hydrogen-bond donors (Lipinski definition) is 1. The maximum atomic E-state index is 16.4. The molecule has 2 saturated heterocycles. The third-order valence-corrected chi connectivity index (χ3v) is 14.8. The Morgan fingerprint density at radius 1 is 0.967 bits per heavy atom. The summed E-state index contributed by atoms with van der Waals surface area (Å²) >= 11 is 0. The van der Waals surface area contributed by atoms with E-state index in [1.54, 1.807) is 17.4 Å². The van der Waals surface area contributed by atoms with Gasteiger partial charge in [0.05, 0.1) is 23.2 Å². The highest BCUT2D eigenvalue weighted by molar-refractivity contribution is 8.13. The molecule has 15 heteroatoms. The predicted octanol–water partition coefficient (Wildman–Crippen LogP) is 5.42. The fourth-order valence-corrected chi connectivity index (χ4v) is 11.4. The van der Waals surface area contributed by atoms with Crippen molar-refractivity contribution in [3.63, 3.8) is 0 Å². The number of carbonyl (C=O) groups is 3. The van der Waals surface area contributed by atoms with Crippen LogP contribution >= 0.6 is 10.7 Å². The number of halogens is 1. The van der Waals surface area contributed by atoms with Gasteiger partial charge in [-0.3, -0.25) is 18.8 Å². The van der Waals surface area contributed by atoms with Gasteiger partial charge in [0.25, 0.3) is 11.5 Å². The number of carbonyl (C=O) groups excluding carboxylic acids is 3. The lowest BCUT2D eigenvalue weighted by atomic mass is 9.92. The van der Waals surface area contributed by atoms with E-state index in [0.29, 0.717) is 49.5 Å². The molecule has 8 rings (SSSR count). The van der Waals surface area contributed by atoms with Gasteiger partial charge in [0, 0.05) is 104 Å². The average molecular weight is 850 g/mol. The number of benzene rings is 1. The lowest BCUT2D eigenvalue weighted by Gasteiger charge is -2.42. The Kier molecular flexibility index (Phi) is 12.0. The van der Waals surface area contributed by atoms with E-state index >= 15 is 4.39 Å². The molecule has 1 amide bonds. The third kappa shape index (κ3) is 8.51. The SMILES string of the molecule is C=c1/c(=C(\C)O)c(C)c2cnc(=Nc3ccc(N4CCN(CC5(F)CCN(c6ccc7c(c6)C(=O)N(C(CCC(C)=O)C(C)=O)S7=C)CC5)CC4)cn3)nc-2n1C1CCCC1. The summed E-state index contributed by atoms with van der Waals surface area (Å²) < 4.78 is 20.1. The lowest BCUT2D eigenvalue weighted by molar-refractivity contribution is -0.121. The Balaban J connectivity index is 0.872. The Labute approximate surface area is 358 Å². The van der Waals surface area contributed by atoms with Crippen molar-refractivity contribution in [1.29, 1.82) is 0 Å². The van der Waals surface area contributed by atoms with Gasteiger partial charge in [0.2, 0.25) is 0 Å². The summed E-state index contributed by atoms with van der Waals surface area (Å²) in [7, 11) is -0.850. The number of hydrogen-bond acceptors (Lipinski definition) is 11. The van der Waals surface area contributed by atoms with Crippen LogP contribution in [0.15, 0.2) is 52.6 Å². The molecule has 2 unspecified atom stereocenters. The monoisotopic (exact) mass is 849 g/mol. The van der Waals surface area contributed by atoms with Crippen molar-refractivity contribution < 1.29 is 23.9 Å². The first-order valence-corrected chi connectivity index (χ1v) is 22.8. The smallest absolute Gasteiger partial charge is 0.265 e. The number of aliphatic hydroxyl groups excluding tert-OH is 1. The maximum Gasteiger partial charge on any atom is 0.265 e. The Morgan fingerprint density at radius 3 is 2.30 bits per heavy atom. The number of aliphatic hydroxyl groups is 1. The second kappa shape index (κ2) is 17.2. The van der Waals surface area contributed by atoms with Crippen molar-refractivity contribution in [3.8, 4) is 11.4 Å². The molecule has 0 radical (unpaired) electrons. The van der Waals surface area contributed by atoms with Crippen LogP contribution in [0.3, 0.4) is 0 Å². The fraction of sp³-hybridized carbons (Fsp3) is 0.478. The summed E-state index contributed by atoms with van der Waals surface area (Å²) in [5, 5.41) is 12.0. The molecule has 61 heavy (non-hydrogen) atoms. The van der Waals surface area contributed by atoms with Crippen LogP contribution in [0.4, 0.5) is 21.6 Å². The molecule has 13 nitrogen and oxygen atoms in total. The van der Waals surface area contributed by atoms with Crippen molar-refractivity contribution in [2.24, 2.45) is 4.99 Å². The minimum atomic E-state index is -1.31. The normalized spacial score (nSPS) is 21.0. The number of piperazine rings is 1. The van der Waals surface area contributed by atoms with Gasteiger partial charge in [0.15, 0.2) is 11.6 Å². The minimum Gasteiger partial charge on any atom is -0.512 e. The number of pyridine rings is 2. The lowest BCUT2D eigenvalue weighted by Crippen LogP contribution is -2.53. The van der Waals surface area contributed by atoms with Gasteiger partial charge >= 0.3 is 0 Å². The standard InChI is InChI=1S/C46H56FN9O4S/c1-29(57)11-14-39(32(4)58)56-44(60)37-25-35(12-15-40(37)61(56)6)53-19-17-46(47,18-20-53)28-52-21-23-54(24-22-52)36-13-16-41(48-26-36)50-45-49-27-38-30(2)42(33(5)59)31(3)55(43(38)51-45)34-9-7-8-10-34/h12-13,15-16,25-27,34,39,59H,3,6-11,14,17-24,28H2,1-2,4-5H3/b42-33+,50-45?. The van der Waals surface area contributed by atoms with Gasteiger partial charge in [-0.05, 0) is 82.9 Å². The van der Waals surface area contributed by atoms with E-state index in [0.717, 1.165) is 95.7 Å². The molecule has 6 aliphatic rings. The zero-order valence-electron chi connectivity index (χ0n) is 35.7. The zero-order valence-corrected chi connectivity index (χ0v) is 36.5. The van der Waals surface area contributed by atoms with Crippen LogP contribution in [0.2, 0.25) is 0 Å². The summed E-state index contributed by atoms with van der Waals surface area (Å²) in [6.45, 7) is 15.4. The fourth-order valence-electron chi connectivity index (χ4n) is 9.66. The van der Waals surface area contributed by atoms with Crippen LogP contribution in [0.5, 0.6) is 0 Å². The Morgan fingerprint density at radius 2 is 1.66 bits per heavy atom. The summed E-state index contributed by atoms with van der Waals surface area (Å²) in [5.41, 5.74) is 3.14. The molecule has 6 heterocycles. The van der Waals surface area contributed by atoms with Crippen molar-refractivity contribution >= 4 is 63.5 Å². The molecular formula is C46H56FN9O4S. The number of aromatic nitrogens is 4. The van der Waals surface area contributed by atoms with Crippen LogP contribution in [0, 0.1) is 6.92 Å². The van der Waals surface area contributed by atoms with Crippen molar-refractivity contribution in [1.82, 2.24) is 28.7 Å².